The van der Waals surface area contributed by atoms with Crippen molar-refractivity contribution >= 4 is 23.4 Å². The lowest BCUT2D eigenvalue weighted by atomic mass is 10.1. The van der Waals surface area contributed by atoms with Crippen molar-refractivity contribution in [2.24, 2.45) is 0 Å². The van der Waals surface area contributed by atoms with Gasteiger partial charge in [-0.15, -0.1) is 0 Å². The van der Waals surface area contributed by atoms with Gasteiger partial charge in [0.1, 0.15) is 0 Å². The standard InChI is InChI=1S/C13H15N3O3/c1-8(17)9-2-4-10(5-3-9)15-13(19)16-11-6-12(18)14-7-11/h2-5,11H,6-7H2,1H3,(H,14,18)(H2,15,16,19). The maximum atomic E-state index is 11.7. The minimum Gasteiger partial charge on any atom is -0.354 e. The maximum absolute atomic E-state index is 11.7. The molecule has 1 aromatic carbocycles. The molecule has 6 heteroatoms. The molecule has 19 heavy (non-hydrogen) atoms. The van der Waals surface area contributed by atoms with Crippen LogP contribution in [-0.4, -0.2) is 30.3 Å². The fourth-order valence-electron chi connectivity index (χ4n) is 1.85. The monoisotopic (exact) mass is 261 g/mol. The summed E-state index contributed by atoms with van der Waals surface area (Å²) in [6.45, 7) is 1.94. The lowest BCUT2D eigenvalue weighted by molar-refractivity contribution is -0.119. The van der Waals surface area contributed by atoms with Crippen molar-refractivity contribution in [1.29, 1.82) is 0 Å². The van der Waals surface area contributed by atoms with Crippen LogP contribution in [0.5, 0.6) is 0 Å². The molecule has 6 nitrogen and oxygen atoms in total. The average Bonchev–Trinajstić information content (AvgIpc) is 2.75. The van der Waals surface area contributed by atoms with E-state index >= 15 is 0 Å². The first kappa shape index (κ1) is 13.1. The first-order chi connectivity index (χ1) is 9.04. The smallest absolute Gasteiger partial charge is 0.319 e. The van der Waals surface area contributed by atoms with E-state index in [1.165, 1.54) is 6.92 Å². The van der Waals surface area contributed by atoms with E-state index < -0.39 is 0 Å². The highest BCUT2D eigenvalue weighted by Crippen LogP contribution is 2.10. The Kier molecular flexibility index (Phi) is 3.79. The van der Waals surface area contributed by atoms with Gasteiger partial charge in [0.2, 0.25) is 5.91 Å². The molecule has 1 heterocycles. The highest BCUT2D eigenvalue weighted by molar-refractivity contribution is 5.95. The van der Waals surface area contributed by atoms with Crippen molar-refractivity contribution in [3.05, 3.63) is 29.8 Å². The zero-order chi connectivity index (χ0) is 13.8. The summed E-state index contributed by atoms with van der Waals surface area (Å²) in [4.78, 5) is 33.7. The number of benzene rings is 1. The molecule has 1 atom stereocenters. The molecule has 2 rings (SSSR count). The van der Waals surface area contributed by atoms with Gasteiger partial charge in [-0.25, -0.2) is 4.79 Å². The molecule has 0 radical (unpaired) electrons. The van der Waals surface area contributed by atoms with Crippen LogP contribution in [0.4, 0.5) is 10.5 Å². The summed E-state index contributed by atoms with van der Waals surface area (Å²) in [6, 6.07) is 6.08. The van der Waals surface area contributed by atoms with Gasteiger partial charge in [-0.2, -0.15) is 0 Å². The summed E-state index contributed by atoms with van der Waals surface area (Å²) in [5.74, 6) is -0.0809. The molecule has 1 aliphatic heterocycles. The zero-order valence-corrected chi connectivity index (χ0v) is 10.5. The van der Waals surface area contributed by atoms with E-state index in [0.717, 1.165) is 0 Å². The molecule has 1 unspecified atom stereocenters. The van der Waals surface area contributed by atoms with Gasteiger partial charge in [0, 0.05) is 24.2 Å². The van der Waals surface area contributed by atoms with Crippen molar-refractivity contribution < 1.29 is 14.4 Å². The Morgan fingerprint density at radius 2 is 1.95 bits per heavy atom. The highest BCUT2D eigenvalue weighted by Gasteiger charge is 2.22. The number of rotatable bonds is 3. The molecule has 0 spiro atoms. The van der Waals surface area contributed by atoms with E-state index in [9.17, 15) is 14.4 Å². The molecule has 0 aliphatic carbocycles. The van der Waals surface area contributed by atoms with Crippen LogP contribution in [-0.2, 0) is 4.79 Å². The van der Waals surface area contributed by atoms with Gasteiger partial charge >= 0.3 is 6.03 Å². The molecule has 3 N–H and O–H groups in total. The molecular formula is C13H15N3O3. The molecule has 1 aromatic rings. The minimum atomic E-state index is -0.364. The molecule has 1 aliphatic rings. The van der Waals surface area contributed by atoms with Gasteiger partial charge < -0.3 is 16.0 Å². The number of ketones is 1. The number of nitrogens with one attached hydrogen (secondary N) is 3. The molecule has 1 fully saturated rings. The van der Waals surface area contributed by atoms with Crippen LogP contribution >= 0.6 is 0 Å². The number of amides is 3. The lowest BCUT2D eigenvalue weighted by Crippen LogP contribution is -2.39. The Hall–Kier alpha value is -2.37. The van der Waals surface area contributed by atoms with E-state index in [1.54, 1.807) is 24.3 Å². The van der Waals surface area contributed by atoms with Gasteiger partial charge in [-0.05, 0) is 31.2 Å². The van der Waals surface area contributed by atoms with Crippen LogP contribution < -0.4 is 16.0 Å². The lowest BCUT2D eigenvalue weighted by Gasteiger charge is -2.11. The molecule has 100 valence electrons. The van der Waals surface area contributed by atoms with E-state index in [0.29, 0.717) is 24.2 Å². The molecule has 0 saturated carbocycles. The highest BCUT2D eigenvalue weighted by atomic mass is 16.2. The van der Waals surface area contributed by atoms with Crippen LogP contribution in [0, 0.1) is 0 Å². The molecular weight excluding hydrogens is 246 g/mol. The first-order valence-corrected chi connectivity index (χ1v) is 6.00. The van der Waals surface area contributed by atoms with Gasteiger partial charge in [-0.3, -0.25) is 9.59 Å². The van der Waals surface area contributed by atoms with E-state index in [1.807, 2.05) is 0 Å². The summed E-state index contributed by atoms with van der Waals surface area (Å²) in [6.07, 6.45) is 0.302. The second-order valence-electron chi connectivity index (χ2n) is 4.44. The van der Waals surface area contributed by atoms with E-state index in [4.69, 9.17) is 0 Å². The summed E-state index contributed by atoms with van der Waals surface area (Å²) < 4.78 is 0. The van der Waals surface area contributed by atoms with Crippen molar-refractivity contribution in [3.63, 3.8) is 0 Å². The zero-order valence-electron chi connectivity index (χ0n) is 10.5. The van der Waals surface area contributed by atoms with Crippen molar-refractivity contribution in [2.75, 3.05) is 11.9 Å². The average molecular weight is 261 g/mol. The van der Waals surface area contributed by atoms with Gasteiger partial charge in [0.05, 0.1) is 6.04 Å². The summed E-state index contributed by atoms with van der Waals surface area (Å²) in [5, 5.41) is 7.98. The number of urea groups is 1. The van der Waals surface area contributed by atoms with Gasteiger partial charge in [0.25, 0.3) is 0 Å². The number of hydrogen-bond acceptors (Lipinski definition) is 3. The predicted octanol–water partition coefficient (Wildman–Crippen LogP) is 0.899. The van der Waals surface area contributed by atoms with Crippen molar-refractivity contribution in [3.8, 4) is 0 Å². The maximum Gasteiger partial charge on any atom is 0.319 e. The van der Waals surface area contributed by atoms with E-state index in [2.05, 4.69) is 16.0 Å². The predicted molar refractivity (Wildman–Crippen MR) is 70.0 cm³/mol. The topological polar surface area (TPSA) is 87.3 Å². The number of carbonyl (C=O) groups excluding carboxylic acids is 3. The summed E-state index contributed by atoms with van der Waals surface area (Å²) in [7, 11) is 0. The third-order valence-corrected chi connectivity index (χ3v) is 2.86. The second-order valence-corrected chi connectivity index (χ2v) is 4.44. The number of Topliss-reactive ketones (excluding diaryl/α,β-unsaturated/α-hetero) is 1. The fourth-order valence-corrected chi connectivity index (χ4v) is 1.85. The Morgan fingerprint density at radius 3 is 2.47 bits per heavy atom. The summed E-state index contributed by atoms with van der Waals surface area (Å²) >= 11 is 0. The van der Waals surface area contributed by atoms with Crippen LogP contribution in [0.1, 0.15) is 23.7 Å². The Labute approximate surface area is 110 Å². The number of hydrogen-bond donors (Lipinski definition) is 3. The quantitative estimate of drug-likeness (QED) is 0.706. The normalized spacial score (nSPS) is 17.7. The third kappa shape index (κ3) is 3.54. The van der Waals surface area contributed by atoms with Crippen molar-refractivity contribution in [1.82, 2.24) is 10.6 Å². The fraction of sp³-hybridized carbons (Fsp3) is 0.308. The van der Waals surface area contributed by atoms with Crippen LogP contribution in [0.25, 0.3) is 0 Å². The SMILES string of the molecule is CC(=O)c1ccc(NC(=O)NC2CNC(=O)C2)cc1. The molecule has 0 bridgehead atoms. The minimum absolute atomic E-state index is 0.0217. The Bertz CT molecular complexity index is 510. The van der Waals surface area contributed by atoms with E-state index in [-0.39, 0.29) is 23.8 Å². The Balaban J connectivity index is 1.88. The Morgan fingerprint density at radius 1 is 1.26 bits per heavy atom. The van der Waals surface area contributed by atoms with Crippen molar-refractivity contribution in [2.45, 2.75) is 19.4 Å². The van der Waals surface area contributed by atoms with Crippen LogP contribution in [0.3, 0.4) is 0 Å². The van der Waals surface area contributed by atoms with Crippen LogP contribution in [0.2, 0.25) is 0 Å². The summed E-state index contributed by atoms with van der Waals surface area (Å²) in [5.41, 5.74) is 1.19. The molecule has 1 saturated heterocycles. The second kappa shape index (κ2) is 5.51. The third-order valence-electron chi connectivity index (χ3n) is 2.86. The first-order valence-electron chi connectivity index (χ1n) is 6.00. The van der Waals surface area contributed by atoms with Crippen LogP contribution in [0.15, 0.2) is 24.3 Å². The molecule has 3 amide bonds. The number of carbonyl (C=O) groups is 3. The number of anilines is 1. The van der Waals surface area contributed by atoms with Gasteiger partial charge in [-0.1, -0.05) is 0 Å². The van der Waals surface area contributed by atoms with Gasteiger partial charge in [0.15, 0.2) is 5.78 Å². The largest absolute Gasteiger partial charge is 0.354 e. The molecule has 0 aromatic heterocycles.